The molecule has 3 aromatic carbocycles. The van der Waals surface area contributed by atoms with Gasteiger partial charge in [-0.2, -0.15) is 0 Å². The van der Waals surface area contributed by atoms with Crippen LogP contribution in [-0.4, -0.2) is 19.0 Å². The van der Waals surface area contributed by atoms with Crippen LogP contribution in [0.2, 0.25) is 5.02 Å². The molecule has 148 valence electrons. The average Bonchev–Trinajstić information content (AvgIpc) is 2.74. The molecule has 0 aromatic heterocycles. The third-order valence-electron chi connectivity index (χ3n) is 4.38. The van der Waals surface area contributed by atoms with E-state index in [4.69, 9.17) is 21.1 Å². The number of hydrogen-bond donors (Lipinski definition) is 1. The Kier molecular flexibility index (Phi) is 6.52. The molecule has 0 spiro atoms. The number of methoxy groups -OCH3 is 1. The SMILES string of the molecule is COC(=O)c1ccc(C)c(NC(=O)c2ccc(OCc3ccccc3Cl)cc2)c1. The molecule has 0 unspecified atom stereocenters. The molecule has 0 bridgehead atoms. The number of carbonyl (C=O) groups is 2. The van der Waals surface area contributed by atoms with Gasteiger partial charge in [0.2, 0.25) is 0 Å². The Morgan fingerprint density at radius 3 is 2.34 bits per heavy atom. The highest BCUT2D eigenvalue weighted by Gasteiger charge is 2.12. The lowest BCUT2D eigenvalue weighted by atomic mass is 10.1. The van der Waals surface area contributed by atoms with Gasteiger partial charge in [-0.1, -0.05) is 35.9 Å². The summed E-state index contributed by atoms with van der Waals surface area (Å²) >= 11 is 6.13. The molecule has 6 heteroatoms. The van der Waals surface area contributed by atoms with Crippen LogP contribution in [0.1, 0.15) is 31.8 Å². The first-order valence-corrected chi connectivity index (χ1v) is 9.32. The van der Waals surface area contributed by atoms with Gasteiger partial charge in [-0.3, -0.25) is 4.79 Å². The smallest absolute Gasteiger partial charge is 0.337 e. The lowest BCUT2D eigenvalue weighted by Crippen LogP contribution is -2.13. The van der Waals surface area contributed by atoms with E-state index < -0.39 is 5.97 Å². The zero-order chi connectivity index (χ0) is 20.8. The maximum Gasteiger partial charge on any atom is 0.337 e. The second kappa shape index (κ2) is 9.26. The third-order valence-corrected chi connectivity index (χ3v) is 4.74. The van der Waals surface area contributed by atoms with E-state index >= 15 is 0 Å². The summed E-state index contributed by atoms with van der Waals surface area (Å²) in [4.78, 5) is 24.3. The van der Waals surface area contributed by atoms with Crippen LogP contribution in [0.25, 0.3) is 0 Å². The lowest BCUT2D eigenvalue weighted by molar-refractivity contribution is 0.0600. The van der Waals surface area contributed by atoms with Crippen LogP contribution in [0, 0.1) is 6.92 Å². The normalized spacial score (nSPS) is 10.3. The third kappa shape index (κ3) is 5.15. The van der Waals surface area contributed by atoms with E-state index in [9.17, 15) is 9.59 Å². The predicted molar refractivity (Wildman–Crippen MR) is 113 cm³/mol. The van der Waals surface area contributed by atoms with Gasteiger partial charge in [0.05, 0.1) is 12.7 Å². The van der Waals surface area contributed by atoms with Crippen molar-refractivity contribution >= 4 is 29.2 Å². The summed E-state index contributed by atoms with van der Waals surface area (Å²) < 4.78 is 10.5. The summed E-state index contributed by atoms with van der Waals surface area (Å²) in [5.41, 5.74) is 3.12. The molecular formula is C23H20ClNO4. The molecule has 0 saturated heterocycles. The summed E-state index contributed by atoms with van der Waals surface area (Å²) in [6, 6.07) is 19.3. The minimum Gasteiger partial charge on any atom is -0.489 e. The van der Waals surface area contributed by atoms with Crippen molar-refractivity contribution in [3.05, 3.63) is 94.0 Å². The van der Waals surface area contributed by atoms with Gasteiger partial charge >= 0.3 is 5.97 Å². The molecule has 0 aliphatic carbocycles. The molecule has 3 aromatic rings. The van der Waals surface area contributed by atoms with E-state index in [1.54, 1.807) is 42.5 Å². The van der Waals surface area contributed by atoms with Crippen molar-refractivity contribution in [1.29, 1.82) is 0 Å². The van der Waals surface area contributed by atoms with Gasteiger partial charge in [-0.15, -0.1) is 0 Å². The van der Waals surface area contributed by atoms with Crippen molar-refractivity contribution in [2.45, 2.75) is 13.5 Å². The van der Waals surface area contributed by atoms with Gasteiger partial charge in [0, 0.05) is 21.8 Å². The molecule has 29 heavy (non-hydrogen) atoms. The van der Waals surface area contributed by atoms with Gasteiger partial charge in [-0.25, -0.2) is 4.79 Å². The molecular weight excluding hydrogens is 390 g/mol. The van der Waals surface area contributed by atoms with Crippen molar-refractivity contribution < 1.29 is 19.1 Å². The first-order valence-electron chi connectivity index (χ1n) is 8.94. The largest absolute Gasteiger partial charge is 0.489 e. The van der Waals surface area contributed by atoms with Gasteiger partial charge in [0.1, 0.15) is 12.4 Å². The Bertz CT molecular complexity index is 1030. The standard InChI is InChI=1S/C23H20ClNO4/c1-15-7-8-17(23(27)28-2)13-21(15)25-22(26)16-9-11-19(12-10-16)29-14-18-5-3-4-6-20(18)24/h3-13H,14H2,1-2H3,(H,25,26). The van der Waals surface area contributed by atoms with Gasteiger partial charge in [0.15, 0.2) is 0 Å². The maximum absolute atomic E-state index is 12.6. The van der Waals surface area contributed by atoms with Crippen molar-refractivity contribution in [2.75, 3.05) is 12.4 Å². The number of carbonyl (C=O) groups excluding carboxylic acids is 2. The Morgan fingerprint density at radius 1 is 0.966 bits per heavy atom. The first kappa shape index (κ1) is 20.4. The summed E-state index contributed by atoms with van der Waals surface area (Å²) in [5, 5.41) is 3.47. The minimum absolute atomic E-state index is 0.284. The molecule has 5 nitrogen and oxygen atoms in total. The van der Waals surface area contributed by atoms with Crippen LogP contribution in [0.3, 0.4) is 0 Å². The monoisotopic (exact) mass is 409 g/mol. The van der Waals surface area contributed by atoms with Crippen molar-refractivity contribution in [1.82, 2.24) is 0 Å². The van der Waals surface area contributed by atoms with E-state index in [-0.39, 0.29) is 5.91 Å². The maximum atomic E-state index is 12.6. The van der Waals surface area contributed by atoms with Crippen LogP contribution in [0.15, 0.2) is 66.7 Å². The average molecular weight is 410 g/mol. The topological polar surface area (TPSA) is 64.6 Å². The highest BCUT2D eigenvalue weighted by Crippen LogP contribution is 2.21. The van der Waals surface area contributed by atoms with Crippen LogP contribution >= 0.6 is 11.6 Å². The molecule has 3 rings (SSSR count). The number of halogens is 1. The van der Waals surface area contributed by atoms with Crippen molar-refractivity contribution in [3.8, 4) is 5.75 Å². The number of aryl methyl sites for hydroxylation is 1. The van der Waals surface area contributed by atoms with Crippen LogP contribution in [-0.2, 0) is 11.3 Å². The van der Waals surface area contributed by atoms with Crippen LogP contribution in [0.5, 0.6) is 5.75 Å². The first-order chi connectivity index (χ1) is 14.0. The Morgan fingerprint density at radius 2 is 1.66 bits per heavy atom. The summed E-state index contributed by atoms with van der Waals surface area (Å²) in [6.07, 6.45) is 0. The molecule has 1 N–H and O–H groups in total. The second-order valence-corrected chi connectivity index (χ2v) is 6.79. The van der Waals surface area contributed by atoms with Crippen LogP contribution in [0.4, 0.5) is 5.69 Å². The molecule has 1 amide bonds. The zero-order valence-electron chi connectivity index (χ0n) is 16.1. The number of hydrogen-bond acceptors (Lipinski definition) is 4. The number of amides is 1. The Balaban J connectivity index is 1.66. The number of esters is 1. The van der Waals surface area contributed by atoms with Crippen LogP contribution < -0.4 is 10.1 Å². The predicted octanol–water partition coefficient (Wildman–Crippen LogP) is 5.27. The molecule has 0 heterocycles. The van der Waals surface area contributed by atoms with Gasteiger partial charge in [0.25, 0.3) is 5.91 Å². The van der Waals surface area contributed by atoms with Gasteiger partial charge in [-0.05, 0) is 55.0 Å². The van der Waals surface area contributed by atoms with Crippen molar-refractivity contribution in [2.24, 2.45) is 0 Å². The molecule has 0 aliphatic heterocycles. The van der Waals surface area contributed by atoms with Gasteiger partial charge < -0.3 is 14.8 Å². The fourth-order valence-corrected chi connectivity index (χ4v) is 2.87. The molecule has 0 saturated carbocycles. The number of benzene rings is 3. The highest BCUT2D eigenvalue weighted by atomic mass is 35.5. The summed E-state index contributed by atoms with van der Waals surface area (Å²) in [7, 11) is 1.32. The van der Waals surface area contributed by atoms with E-state index in [0.717, 1.165) is 11.1 Å². The summed E-state index contributed by atoms with van der Waals surface area (Å²) in [5.74, 6) is -0.112. The van der Waals surface area contributed by atoms with E-state index in [2.05, 4.69) is 5.32 Å². The minimum atomic E-state index is -0.458. The highest BCUT2D eigenvalue weighted by molar-refractivity contribution is 6.31. The molecule has 0 radical (unpaired) electrons. The quantitative estimate of drug-likeness (QED) is 0.563. The number of rotatable bonds is 6. The molecule has 0 aliphatic rings. The number of nitrogens with one attached hydrogen (secondary N) is 1. The van der Waals surface area contributed by atoms with E-state index in [1.807, 2.05) is 31.2 Å². The number of ether oxygens (including phenoxy) is 2. The van der Waals surface area contributed by atoms with Crippen molar-refractivity contribution in [3.63, 3.8) is 0 Å². The lowest BCUT2D eigenvalue weighted by Gasteiger charge is -2.11. The second-order valence-electron chi connectivity index (χ2n) is 6.38. The molecule has 0 atom stereocenters. The molecule has 0 fully saturated rings. The fourth-order valence-electron chi connectivity index (χ4n) is 2.68. The van der Waals surface area contributed by atoms with E-state index in [1.165, 1.54) is 7.11 Å². The fraction of sp³-hybridized carbons (Fsp3) is 0.130. The number of anilines is 1. The Labute approximate surface area is 174 Å². The van der Waals surface area contributed by atoms with E-state index in [0.29, 0.717) is 34.2 Å². The Hall–Kier alpha value is -3.31. The summed E-state index contributed by atoms with van der Waals surface area (Å²) in [6.45, 7) is 2.19. The zero-order valence-corrected chi connectivity index (χ0v) is 16.8.